The molecule has 0 aliphatic heterocycles. The molecule has 2 aromatic carbocycles. The number of nitrogens with one attached hydrogen (secondary N) is 3. The predicted octanol–water partition coefficient (Wildman–Crippen LogP) is 1.82. The maximum absolute atomic E-state index is 13.9. The molecule has 2 amide bonds. The summed E-state index contributed by atoms with van der Waals surface area (Å²) in [4.78, 5) is 47.7. The monoisotopic (exact) mass is 384 g/mol. The molecule has 0 saturated carbocycles. The largest absolute Gasteiger partial charge is 0.326 e. The van der Waals surface area contributed by atoms with Crippen molar-refractivity contribution in [1.29, 1.82) is 0 Å². The lowest BCUT2D eigenvalue weighted by atomic mass is 10.2. The van der Waals surface area contributed by atoms with Crippen LogP contribution >= 0.6 is 0 Å². The average molecular weight is 384 g/mol. The molecule has 0 aliphatic carbocycles. The van der Waals surface area contributed by atoms with Crippen LogP contribution < -0.4 is 21.8 Å². The molecular weight excluding hydrogens is 367 g/mol. The highest BCUT2D eigenvalue weighted by Crippen LogP contribution is 2.20. The van der Waals surface area contributed by atoms with E-state index in [1.807, 2.05) is 0 Å². The minimum atomic E-state index is -0.668. The quantitative estimate of drug-likeness (QED) is 0.623. The summed E-state index contributed by atoms with van der Waals surface area (Å²) in [7, 11) is 0. The minimum absolute atomic E-state index is 0.0856. The molecule has 0 bridgehead atoms. The number of rotatable bonds is 5. The van der Waals surface area contributed by atoms with Gasteiger partial charge in [-0.15, -0.1) is 0 Å². The van der Waals surface area contributed by atoms with Crippen LogP contribution in [0.4, 0.5) is 15.8 Å². The zero-order valence-electron chi connectivity index (χ0n) is 14.9. The second-order valence-electron chi connectivity index (χ2n) is 6.12. The van der Waals surface area contributed by atoms with Gasteiger partial charge in [-0.05, 0) is 30.3 Å². The Morgan fingerprint density at radius 1 is 1.07 bits per heavy atom. The van der Waals surface area contributed by atoms with Gasteiger partial charge in [-0.25, -0.2) is 9.07 Å². The number of anilines is 2. The molecule has 0 atom stereocenters. The number of aromatic nitrogens is 2. The number of carbonyl (C=O) groups is 2. The zero-order chi connectivity index (χ0) is 20.3. The maximum atomic E-state index is 13.9. The lowest BCUT2D eigenvalue weighted by Gasteiger charge is -2.10. The Morgan fingerprint density at radius 2 is 1.79 bits per heavy atom. The van der Waals surface area contributed by atoms with Crippen LogP contribution in [0.3, 0.4) is 0 Å². The van der Waals surface area contributed by atoms with Gasteiger partial charge in [0.25, 0.3) is 11.1 Å². The van der Waals surface area contributed by atoms with E-state index >= 15 is 0 Å². The topological polar surface area (TPSA) is 113 Å². The third-order valence-electron chi connectivity index (χ3n) is 4.01. The van der Waals surface area contributed by atoms with Crippen molar-refractivity contribution >= 4 is 34.0 Å². The second-order valence-corrected chi connectivity index (χ2v) is 6.12. The molecule has 1 heterocycles. The van der Waals surface area contributed by atoms with Crippen molar-refractivity contribution in [1.82, 2.24) is 9.78 Å². The van der Waals surface area contributed by atoms with Crippen LogP contribution in [-0.4, -0.2) is 21.6 Å². The summed E-state index contributed by atoms with van der Waals surface area (Å²) in [5.41, 5.74) is -0.638. The Kier molecular flexibility index (Phi) is 5.35. The first-order valence-corrected chi connectivity index (χ1v) is 8.44. The van der Waals surface area contributed by atoms with Crippen LogP contribution in [-0.2, 0) is 16.1 Å². The van der Waals surface area contributed by atoms with Crippen LogP contribution in [0, 0.1) is 5.82 Å². The van der Waals surface area contributed by atoms with E-state index in [2.05, 4.69) is 15.7 Å². The summed E-state index contributed by atoms with van der Waals surface area (Å²) < 4.78 is 14.9. The van der Waals surface area contributed by atoms with Gasteiger partial charge in [0, 0.05) is 19.0 Å². The van der Waals surface area contributed by atoms with E-state index in [1.54, 1.807) is 12.1 Å². The van der Waals surface area contributed by atoms with Crippen LogP contribution in [0.15, 0.2) is 52.1 Å². The maximum Gasteiger partial charge on any atom is 0.273 e. The number of hydrogen-bond acceptors (Lipinski definition) is 4. The number of benzene rings is 2. The van der Waals surface area contributed by atoms with Gasteiger partial charge in [0.05, 0.1) is 23.0 Å². The number of amides is 2. The van der Waals surface area contributed by atoms with Gasteiger partial charge in [0.1, 0.15) is 5.82 Å². The Morgan fingerprint density at radius 3 is 2.50 bits per heavy atom. The molecule has 0 unspecified atom stereocenters. The molecule has 1 aromatic heterocycles. The van der Waals surface area contributed by atoms with Crippen LogP contribution in [0.25, 0.3) is 10.8 Å². The van der Waals surface area contributed by atoms with Crippen LogP contribution in [0.2, 0.25) is 0 Å². The van der Waals surface area contributed by atoms with Crippen molar-refractivity contribution in [2.24, 2.45) is 0 Å². The van der Waals surface area contributed by atoms with Crippen LogP contribution in [0.5, 0.6) is 0 Å². The van der Waals surface area contributed by atoms with Gasteiger partial charge in [0.15, 0.2) is 0 Å². The van der Waals surface area contributed by atoms with Gasteiger partial charge in [-0.2, -0.15) is 0 Å². The smallest absolute Gasteiger partial charge is 0.273 e. The minimum Gasteiger partial charge on any atom is -0.326 e. The van der Waals surface area contributed by atoms with E-state index in [0.717, 1.165) is 10.7 Å². The fourth-order valence-electron chi connectivity index (χ4n) is 2.73. The SMILES string of the molecule is CC(=O)Nc1ccc(F)c(NC(=O)CCn2[nH]c(=O)c3ccccc3c2=O)c1. The molecule has 0 aliphatic rings. The summed E-state index contributed by atoms with van der Waals surface area (Å²) >= 11 is 0. The zero-order valence-corrected chi connectivity index (χ0v) is 14.9. The Labute approximate surface area is 158 Å². The third-order valence-corrected chi connectivity index (χ3v) is 4.01. The number of fused-ring (bicyclic) bond motifs is 1. The predicted molar refractivity (Wildman–Crippen MR) is 103 cm³/mol. The normalized spacial score (nSPS) is 10.6. The Balaban J connectivity index is 1.74. The van der Waals surface area contributed by atoms with E-state index in [1.165, 1.54) is 31.2 Å². The Bertz CT molecular complexity index is 1180. The number of H-pyrrole nitrogens is 1. The molecule has 0 spiro atoms. The fourth-order valence-corrected chi connectivity index (χ4v) is 2.73. The lowest BCUT2D eigenvalue weighted by Crippen LogP contribution is -2.31. The molecule has 8 nitrogen and oxygen atoms in total. The summed E-state index contributed by atoms with van der Waals surface area (Å²) in [6.45, 7) is 1.22. The van der Waals surface area contributed by atoms with E-state index in [-0.39, 0.29) is 35.3 Å². The molecule has 144 valence electrons. The first-order valence-electron chi connectivity index (χ1n) is 8.44. The van der Waals surface area contributed by atoms with E-state index in [9.17, 15) is 23.6 Å². The van der Waals surface area contributed by atoms with E-state index in [4.69, 9.17) is 0 Å². The van der Waals surface area contributed by atoms with E-state index < -0.39 is 22.8 Å². The van der Waals surface area contributed by atoms with Crippen molar-refractivity contribution in [2.75, 3.05) is 10.6 Å². The van der Waals surface area contributed by atoms with Crippen molar-refractivity contribution in [3.8, 4) is 0 Å². The molecule has 0 saturated heterocycles. The fraction of sp³-hybridized carbons (Fsp3) is 0.158. The van der Waals surface area contributed by atoms with Crippen molar-refractivity contribution < 1.29 is 14.0 Å². The second kappa shape index (κ2) is 7.87. The van der Waals surface area contributed by atoms with Crippen LogP contribution in [0.1, 0.15) is 13.3 Å². The first-order chi connectivity index (χ1) is 13.3. The number of hydrogen-bond donors (Lipinski definition) is 3. The first kappa shape index (κ1) is 19.0. The molecule has 9 heteroatoms. The van der Waals surface area contributed by atoms with Gasteiger partial charge < -0.3 is 10.6 Å². The van der Waals surface area contributed by atoms with Crippen molar-refractivity contribution in [3.05, 3.63) is 69.0 Å². The molecule has 3 N–H and O–H groups in total. The van der Waals surface area contributed by atoms with Gasteiger partial charge in [0.2, 0.25) is 11.8 Å². The standard InChI is InChI=1S/C19H17FN4O4/c1-11(25)21-12-6-7-15(20)16(10-12)22-17(26)8-9-24-19(28)14-5-3-2-4-13(14)18(27)23-24/h2-7,10H,8-9H2,1H3,(H,21,25)(H,22,26)(H,23,27). The number of aromatic amines is 1. The molecule has 3 rings (SSSR count). The highest BCUT2D eigenvalue weighted by molar-refractivity contribution is 5.93. The Hall–Kier alpha value is -3.75. The molecule has 28 heavy (non-hydrogen) atoms. The molecule has 0 radical (unpaired) electrons. The van der Waals surface area contributed by atoms with Gasteiger partial charge in [-0.1, -0.05) is 12.1 Å². The number of nitrogens with zero attached hydrogens (tertiary/aromatic N) is 1. The highest BCUT2D eigenvalue weighted by atomic mass is 19.1. The highest BCUT2D eigenvalue weighted by Gasteiger charge is 2.11. The number of aryl methyl sites for hydroxylation is 1. The summed E-state index contributed by atoms with van der Waals surface area (Å²) in [5, 5.41) is 7.83. The third kappa shape index (κ3) is 4.14. The van der Waals surface area contributed by atoms with Crippen molar-refractivity contribution in [2.45, 2.75) is 19.9 Å². The molecule has 3 aromatic rings. The lowest BCUT2D eigenvalue weighted by molar-refractivity contribution is -0.116. The number of halogens is 1. The van der Waals surface area contributed by atoms with Gasteiger partial charge in [-0.3, -0.25) is 24.3 Å². The molecular formula is C19H17FN4O4. The summed E-state index contributed by atoms with van der Waals surface area (Å²) in [6.07, 6.45) is -0.169. The summed E-state index contributed by atoms with van der Waals surface area (Å²) in [5.74, 6) is -1.55. The van der Waals surface area contributed by atoms with E-state index in [0.29, 0.717) is 5.69 Å². The summed E-state index contributed by atoms with van der Waals surface area (Å²) in [6, 6.07) is 10.1. The van der Waals surface area contributed by atoms with Crippen molar-refractivity contribution in [3.63, 3.8) is 0 Å². The molecule has 0 fully saturated rings. The number of carbonyl (C=O) groups excluding carboxylic acids is 2. The average Bonchev–Trinajstić information content (AvgIpc) is 2.66. The van der Waals surface area contributed by atoms with Gasteiger partial charge >= 0.3 is 0 Å².